The van der Waals surface area contributed by atoms with Crippen LogP contribution in [0.25, 0.3) is 0 Å². The monoisotopic (exact) mass is 775 g/mol. The first kappa shape index (κ1) is 38.2. The van der Waals surface area contributed by atoms with Crippen LogP contribution in [0.1, 0.15) is 60.5 Å². The lowest BCUT2D eigenvalue weighted by atomic mass is 10.0. The van der Waals surface area contributed by atoms with Gasteiger partial charge in [0, 0.05) is 31.0 Å². The van der Waals surface area contributed by atoms with Crippen molar-refractivity contribution in [1.82, 2.24) is 14.6 Å². The summed E-state index contributed by atoms with van der Waals surface area (Å²) in [5.41, 5.74) is 1.05. The Morgan fingerprint density at radius 3 is 2.31 bits per heavy atom. The molecule has 5 rings (SSSR count). The van der Waals surface area contributed by atoms with Crippen molar-refractivity contribution < 1.29 is 36.0 Å². The number of anilines is 1. The number of sulfone groups is 1. The van der Waals surface area contributed by atoms with E-state index in [2.05, 4.69) is 15.6 Å². The zero-order chi connectivity index (χ0) is 36.9. The van der Waals surface area contributed by atoms with Crippen LogP contribution in [0, 0.1) is 11.3 Å². The molecule has 2 amide bonds. The summed E-state index contributed by atoms with van der Waals surface area (Å²) >= 11 is 12.2. The van der Waals surface area contributed by atoms with Gasteiger partial charge in [-0.05, 0) is 62.1 Å². The van der Waals surface area contributed by atoms with Crippen LogP contribution in [0.15, 0.2) is 65.8 Å². The van der Waals surface area contributed by atoms with Crippen LogP contribution in [0.2, 0.25) is 10.0 Å². The van der Waals surface area contributed by atoms with Gasteiger partial charge in [0.05, 0.1) is 49.2 Å². The third-order valence-electron chi connectivity index (χ3n) is 8.94. The molecular weight excluding hydrogens is 741 g/mol. The SMILES string of the molecule is CCOC(=O)[C@H](Cc1ccc(NC(=O)c2c(Cl)cncc2Cl)cc1)NC(=O)[C@@H]1C[C@H](S(=O)(=O)C2CCCC2)CN1S(=O)(=O)c1cccc(C#N)c1. The summed E-state index contributed by atoms with van der Waals surface area (Å²) in [7, 11) is -8.27. The summed E-state index contributed by atoms with van der Waals surface area (Å²) in [5.74, 6) is -2.22. The number of benzene rings is 2. The summed E-state index contributed by atoms with van der Waals surface area (Å²) in [6, 6.07) is 10.8. The Bertz CT molecular complexity index is 2050. The second-order valence-corrected chi connectivity index (χ2v) is 17.4. The van der Waals surface area contributed by atoms with Crippen molar-refractivity contribution in [3.8, 4) is 6.07 Å². The normalized spacial score (nSPS) is 18.9. The van der Waals surface area contributed by atoms with Crippen LogP contribution >= 0.6 is 23.2 Å². The topological polar surface area (TPSA) is 193 Å². The van der Waals surface area contributed by atoms with Crippen LogP contribution < -0.4 is 10.6 Å². The predicted molar refractivity (Wildman–Crippen MR) is 189 cm³/mol. The Kier molecular flexibility index (Phi) is 12.0. The molecule has 3 aromatic rings. The molecule has 0 bridgehead atoms. The largest absolute Gasteiger partial charge is 0.464 e. The first-order valence-corrected chi connectivity index (χ1v) is 20.0. The molecule has 0 unspecified atom stereocenters. The number of aromatic nitrogens is 1. The van der Waals surface area contributed by atoms with Gasteiger partial charge in [-0.1, -0.05) is 54.2 Å². The third kappa shape index (κ3) is 8.53. The number of nitrogens with one attached hydrogen (secondary N) is 2. The molecule has 2 fully saturated rings. The number of esters is 1. The maximum Gasteiger partial charge on any atom is 0.328 e. The third-order valence-corrected chi connectivity index (χ3v) is 14.1. The smallest absolute Gasteiger partial charge is 0.328 e. The molecule has 0 radical (unpaired) electrons. The van der Waals surface area contributed by atoms with Crippen molar-refractivity contribution in [1.29, 1.82) is 5.26 Å². The van der Waals surface area contributed by atoms with E-state index in [-0.39, 0.29) is 45.5 Å². The van der Waals surface area contributed by atoms with Crippen molar-refractivity contribution in [3.63, 3.8) is 0 Å². The van der Waals surface area contributed by atoms with E-state index in [0.717, 1.165) is 23.2 Å². The number of sulfonamides is 1. The van der Waals surface area contributed by atoms with Gasteiger partial charge in [0.15, 0.2) is 9.84 Å². The van der Waals surface area contributed by atoms with Gasteiger partial charge in [-0.2, -0.15) is 9.57 Å². The molecule has 1 aromatic heterocycles. The van der Waals surface area contributed by atoms with Crippen molar-refractivity contribution >= 4 is 66.5 Å². The highest BCUT2D eigenvalue weighted by Gasteiger charge is 2.50. The lowest BCUT2D eigenvalue weighted by Crippen LogP contribution is -2.51. The minimum absolute atomic E-state index is 0.00281. The quantitative estimate of drug-likeness (QED) is 0.251. The summed E-state index contributed by atoms with van der Waals surface area (Å²) in [6.07, 6.45) is 4.60. The van der Waals surface area contributed by atoms with Crippen molar-refractivity contribution in [2.75, 3.05) is 18.5 Å². The number of hydrogen-bond acceptors (Lipinski definition) is 10. The van der Waals surface area contributed by atoms with Gasteiger partial charge >= 0.3 is 5.97 Å². The fourth-order valence-electron chi connectivity index (χ4n) is 6.35. The summed E-state index contributed by atoms with van der Waals surface area (Å²) in [6.45, 7) is 1.13. The van der Waals surface area contributed by atoms with Crippen molar-refractivity contribution in [2.45, 2.75) is 72.9 Å². The number of ether oxygens (including phenoxy) is 1. The first-order valence-electron chi connectivity index (χ1n) is 16.2. The van der Waals surface area contributed by atoms with Gasteiger partial charge in [-0.3, -0.25) is 14.6 Å². The molecule has 2 aliphatic rings. The molecule has 2 N–H and O–H groups in total. The Balaban J connectivity index is 1.38. The molecule has 270 valence electrons. The van der Waals surface area contributed by atoms with Gasteiger partial charge < -0.3 is 15.4 Å². The van der Waals surface area contributed by atoms with Gasteiger partial charge in [0.25, 0.3) is 5.91 Å². The van der Waals surface area contributed by atoms with Crippen LogP contribution in [0.3, 0.4) is 0 Å². The van der Waals surface area contributed by atoms with E-state index in [0.29, 0.717) is 24.1 Å². The molecule has 3 atom stereocenters. The van der Waals surface area contributed by atoms with E-state index in [1.165, 1.54) is 30.6 Å². The van der Waals surface area contributed by atoms with E-state index in [1.807, 2.05) is 6.07 Å². The summed E-state index contributed by atoms with van der Waals surface area (Å²) < 4.78 is 61.3. The molecule has 1 saturated heterocycles. The summed E-state index contributed by atoms with van der Waals surface area (Å²) in [4.78, 5) is 43.5. The van der Waals surface area contributed by atoms with Crippen LogP contribution in [0.4, 0.5) is 5.69 Å². The highest BCUT2D eigenvalue weighted by molar-refractivity contribution is 7.93. The number of carbonyl (C=O) groups excluding carboxylic acids is 3. The van der Waals surface area contributed by atoms with E-state index < -0.39 is 66.8 Å². The molecule has 1 saturated carbocycles. The molecule has 1 aliphatic carbocycles. The second kappa shape index (κ2) is 16.1. The number of amides is 2. The number of nitriles is 1. The average Bonchev–Trinajstić information content (AvgIpc) is 3.82. The van der Waals surface area contributed by atoms with Crippen LogP contribution in [-0.2, 0) is 40.6 Å². The lowest BCUT2D eigenvalue weighted by Gasteiger charge is -2.25. The molecule has 17 heteroatoms. The van der Waals surface area contributed by atoms with Crippen molar-refractivity contribution in [2.24, 2.45) is 0 Å². The molecule has 13 nitrogen and oxygen atoms in total. The highest BCUT2D eigenvalue weighted by Crippen LogP contribution is 2.36. The van der Waals surface area contributed by atoms with E-state index in [4.69, 9.17) is 27.9 Å². The van der Waals surface area contributed by atoms with E-state index >= 15 is 0 Å². The van der Waals surface area contributed by atoms with Gasteiger partial charge in [-0.25, -0.2) is 21.6 Å². The first-order chi connectivity index (χ1) is 24.3. The Morgan fingerprint density at radius 2 is 1.69 bits per heavy atom. The highest BCUT2D eigenvalue weighted by atomic mass is 35.5. The molecule has 51 heavy (non-hydrogen) atoms. The maximum atomic E-state index is 14.0. The molecular formula is C34H35Cl2N5O8S2. The van der Waals surface area contributed by atoms with Crippen LogP contribution in [0.5, 0.6) is 0 Å². The Hall–Kier alpha value is -4.07. The minimum Gasteiger partial charge on any atom is -0.464 e. The number of hydrogen-bond donors (Lipinski definition) is 2. The number of pyridine rings is 1. The van der Waals surface area contributed by atoms with Crippen LogP contribution in [-0.4, -0.2) is 79.6 Å². The molecule has 1 aliphatic heterocycles. The number of carbonyl (C=O) groups is 3. The Labute approximate surface area is 306 Å². The molecule has 2 heterocycles. The molecule has 2 aromatic carbocycles. The van der Waals surface area contributed by atoms with Gasteiger partial charge in [0.1, 0.15) is 12.1 Å². The zero-order valence-electron chi connectivity index (χ0n) is 27.4. The Morgan fingerprint density at radius 1 is 1.02 bits per heavy atom. The standard InChI is InChI=1S/C34H35Cl2N5O8S2/c1-2-49-34(44)29(15-21-10-12-23(13-11-21)39-33(43)31-27(35)18-38-19-28(31)36)40-32(42)30-16-26(50(45,46)24-7-3-4-8-24)20-41(30)51(47,48)25-9-5-6-22(14-25)17-37/h5-6,9-14,18-19,24,26,29-30H,2-4,7-8,15-16,20H2,1H3,(H,39,43)(H,40,42)/t26-,29-,30-/m0/s1. The number of halogens is 2. The average molecular weight is 777 g/mol. The number of nitrogens with zero attached hydrogens (tertiary/aromatic N) is 3. The molecule has 0 spiro atoms. The van der Waals surface area contributed by atoms with E-state index in [9.17, 15) is 36.5 Å². The maximum absolute atomic E-state index is 14.0. The fourth-order valence-corrected chi connectivity index (χ4v) is 11.0. The zero-order valence-corrected chi connectivity index (χ0v) is 30.6. The van der Waals surface area contributed by atoms with Gasteiger partial charge in [0.2, 0.25) is 15.9 Å². The number of rotatable bonds is 12. The van der Waals surface area contributed by atoms with E-state index in [1.54, 1.807) is 31.2 Å². The lowest BCUT2D eigenvalue weighted by molar-refractivity contribution is -0.147. The second-order valence-electron chi connectivity index (χ2n) is 12.2. The minimum atomic E-state index is -4.46. The summed E-state index contributed by atoms with van der Waals surface area (Å²) in [5, 5.41) is 13.0. The predicted octanol–water partition coefficient (Wildman–Crippen LogP) is 4.29. The van der Waals surface area contributed by atoms with Gasteiger partial charge in [-0.15, -0.1) is 0 Å². The van der Waals surface area contributed by atoms with Crippen molar-refractivity contribution in [3.05, 3.63) is 87.7 Å². The fraction of sp³-hybridized carbons (Fsp3) is 0.382.